The Morgan fingerprint density at radius 2 is 2.06 bits per heavy atom. The Morgan fingerprint density at radius 3 is 2.67 bits per heavy atom. The SMILES string of the molecule is Nc1cc(Cl)ccc1N1CCCC(C(F)(F)F)C1. The van der Waals surface area contributed by atoms with E-state index in [-0.39, 0.29) is 13.0 Å². The summed E-state index contributed by atoms with van der Waals surface area (Å²) in [5.74, 6) is -1.28. The molecular formula is C12H14ClF3N2. The van der Waals surface area contributed by atoms with Gasteiger partial charge in [-0.05, 0) is 31.0 Å². The number of rotatable bonds is 1. The Bertz CT molecular complexity index is 434. The molecule has 0 aliphatic carbocycles. The second-order valence-corrected chi connectivity index (χ2v) is 4.97. The molecule has 0 amide bonds. The fraction of sp³-hybridized carbons (Fsp3) is 0.500. The molecule has 0 radical (unpaired) electrons. The van der Waals surface area contributed by atoms with Crippen molar-refractivity contribution in [2.24, 2.45) is 5.92 Å². The number of nitrogens with two attached hydrogens (primary N) is 1. The summed E-state index contributed by atoms with van der Waals surface area (Å²) in [7, 11) is 0. The molecule has 1 aliphatic heterocycles. The molecule has 1 aromatic rings. The van der Waals surface area contributed by atoms with Crippen LogP contribution in [0.15, 0.2) is 18.2 Å². The molecule has 6 heteroatoms. The van der Waals surface area contributed by atoms with E-state index in [1.54, 1.807) is 23.1 Å². The maximum absolute atomic E-state index is 12.7. The van der Waals surface area contributed by atoms with Crippen LogP contribution < -0.4 is 10.6 Å². The summed E-state index contributed by atoms with van der Waals surface area (Å²) in [6.07, 6.45) is -3.43. The van der Waals surface area contributed by atoms with E-state index in [4.69, 9.17) is 17.3 Å². The van der Waals surface area contributed by atoms with Gasteiger partial charge in [0.15, 0.2) is 0 Å². The van der Waals surface area contributed by atoms with Crippen LogP contribution in [0.25, 0.3) is 0 Å². The lowest BCUT2D eigenvalue weighted by Crippen LogP contribution is -2.42. The second-order valence-electron chi connectivity index (χ2n) is 4.53. The number of halogens is 4. The monoisotopic (exact) mass is 278 g/mol. The van der Waals surface area contributed by atoms with Crippen molar-refractivity contribution in [2.75, 3.05) is 23.7 Å². The average molecular weight is 279 g/mol. The van der Waals surface area contributed by atoms with Crippen molar-refractivity contribution < 1.29 is 13.2 Å². The quantitative estimate of drug-likeness (QED) is 0.794. The molecule has 2 nitrogen and oxygen atoms in total. The standard InChI is InChI=1S/C12H14ClF3N2/c13-9-3-4-11(10(17)6-9)18-5-1-2-8(7-18)12(14,15)16/h3-4,6,8H,1-2,5,7,17H2. The minimum absolute atomic E-state index is 0.0324. The smallest absolute Gasteiger partial charge is 0.393 e. The van der Waals surface area contributed by atoms with Crippen LogP contribution in [0, 0.1) is 5.92 Å². The Labute approximate surface area is 109 Å². The molecular weight excluding hydrogens is 265 g/mol. The van der Waals surface area contributed by atoms with Crippen molar-refractivity contribution in [1.29, 1.82) is 0 Å². The highest BCUT2D eigenvalue weighted by molar-refractivity contribution is 6.31. The maximum atomic E-state index is 12.7. The number of nitrogen functional groups attached to an aromatic ring is 1. The zero-order chi connectivity index (χ0) is 13.3. The van der Waals surface area contributed by atoms with Gasteiger partial charge in [0.1, 0.15) is 0 Å². The highest BCUT2D eigenvalue weighted by Crippen LogP contribution is 2.36. The first-order valence-corrected chi connectivity index (χ1v) is 6.12. The average Bonchev–Trinajstić information content (AvgIpc) is 2.28. The third kappa shape index (κ3) is 2.83. The minimum atomic E-state index is -4.14. The van der Waals surface area contributed by atoms with Gasteiger partial charge < -0.3 is 10.6 Å². The van der Waals surface area contributed by atoms with Gasteiger partial charge in [-0.15, -0.1) is 0 Å². The summed E-state index contributed by atoms with van der Waals surface area (Å²) in [6.45, 7) is 0.563. The van der Waals surface area contributed by atoms with Gasteiger partial charge >= 0.3 is 6.18 Å². The zero-order valence-corrected chi connectivity index (χ0v) is 10.4. The summed E-state index contributed by atoms with van der Waals surface area (Å²) in [5, 5.41) is 0.487. The first-order valence-electron chi connectivity index (χ1n) is 5.74. The number of nitrogens with zero attached hydrogens (tertiary/aromatic N) is 1. The normalized spacial score (nSPS) is 21.1. The van der Waals surface area contributed by atoms with E-state index < -0.39 is 12.1 Å². The molecule has 1 heterocycles. The lowest BCUT2D eigenvalue weighted by Gasteiger charge is -2.35. The van der Waals surface area contributed by atoms with Gasteiger partial charge in [-0.1, -0.05) is 11.6 Å². The second kappa shape index (κ2) is 4.88. The third-order valence-electron chi connectivity index (χ3n) is 3.21. The van der Waals surface area contributed by atoms with Gasteiger partial charge in [0.25, 0.3) is 0 Å². The minimum Gasteiger partial charge on any atom is -0.397 e. The van der Waals surface area contributed by atoms with Crippen LogP contribution in [-0.2, 0) is 0 Å². The third-order valence-corrected chi connectivity index (χ3v) is 3.45. The number of anilines is 2. The van der Waals surface area contributed by atoms with Crippen LogP contribution in [0.3, 0.4) is 0 Å². The summed E-state index contributed by atoms with van der Waals surface area (Å²) in [4.78, 5) is 1.69. The topological polar surface area (TPSA) is 29.3 Å². The van der Waals surface area contributed by atoms with Gasteiger partial charge in [0, 0.05) is 18.1 Å². The molecule has 2 N–H and O–H groups in total. The predicted molar refractivity (Wildman–Crippen MR) is 66.9 cm³/mol. The molecule has 1 aromatic carbocycles. The Morgan fingerprint density at radius 1 is 1.33 bits per heavy atom. The van der Waals surface area contributed by atoms with Crippen molar-refractivity contribution in [3.63, 3.8) is 0 Å². The fourth-order valence-electron chi connectivity index (χ4n) is 2.28. The van der Waals surface area contributed by atoms with Gasteiger partial charge in [-0.3, -0.25) is 0 Å². The van der Waals surface area contributed by atoms with E-state index >= 15 is 0 Å². The molecule has 1 aliphatic rings. The molecule has 0 bridgehead atoms. The van der Waals surface area contributed by atoms with Crippen LogP contribution in [-0.4, -0.2) is 19.3 Å². The Hall–Kier alpha value is -1.10. The van der Waals surface area contributed by atoms with Crippen molar-refractivity contribution in [1.82, 2.24) is 0 Å². The van der Waals surface area contributed by atoms with Crippen molar-refractivity contribution in [2.45, 2.75) is 19.0 Å². The number of hydrogen-bond donors (Lipinski definition) is 1. The summed E-state index contributed by atoms with van der Waals surface area (Å²) in [5.41, 5.74) is 6.85. The molecule has 100 valence electrons. The van der Waals surface area contributed by atoms with Crippen LogP contribution in [0.5, 0.6) is 0 Å². The van der Waals surface area contributed by atoms with Gasteiger partial charge in [0.05, 0.1) is 17.3 Å². The molecule has 0 spiro atoms. The van der Waals surface area contributed by atoms with Gasteiger partial charge in [-0.25, -0.2) is 0 Å². The summed E-state index contributed by atoms with van der Waals surface area (Å²) >= 11 is 5.78. The highest BCUT2D eigenvalue weighted by Gasteiger charge is 2.42. The van der Waals surface area contributed by atoms with E-state index in [0.717, 1.165) is 0 Å². The molecule has 2 rings (SSSR count). The lowest BCUT2D eigenvalue weighted by atomic mass is 9.97. The largest absolute Gasteiger partial charge is 0.397 e. The number of benzene rings is 1. The predicted octanol–water partition coefficient (Wildman–Crippen LogP) is 3.70. The van der Waals surface area contributed by atoms with Crippen LogP contribution in [0.1, 0.15) is 12.8 Å². The summed E-state index contributed by atoms with van der Waals surface area (Å²) < 4.78 is 38.1. The first kappa shape index (κ1) is 13.3. The molecule has 18 heavy (non-hydrogen) atoms. The van der Waals surface area contributed by atoms with E-state index in [2.05, 4.69) is 0 Å². The molecule has 1 fully saturated rings. The van der Waals surface area contributed by atoms with Crippen molar-refractivity contribution in [3.05, 3.63) is 23.2 Å². The summed E-state index contributed by atoms with van der Waals surface area (Å²) in [6, 6.07) is 4.88. The molecule has 1 atom stereocenters. The maximum Gasteiger partial charge on any atom is 0.393 e. The first-order chi connectivity index (χ1) is 8.38. The molecule has 1 unspecified atom stereocenters. The Balaban J connectivity index is 2.18. The van der Waals surface area contributed by atoms with Crippen LogP contribution in [0.2, 0.25) is 5.02 Å². The molecule has 0 aromatic heterocycles. The van der Waals surface area contributed by atoms with Crippen molar-refractivity contribution in [3.8, 4) is 0 Å². The van der Waals surface area contributed by atoms with E-state index in [0.29, 0.717) is 29.4 Å². The van der Waals surface area contributed by atoms with Crippen LogP contribution in [0.4, 0.5) is 24.5 Å². The van der Waals surface area contributed by atoms with Crippen LogP contribution >= 0.6 is 11.6 Å². The zero-order valence-electron chi connectivity index (χ0n) is 9.67. The highest BCUT2D eigenvalue weighted by atomic mass is 35.5. The van der Waals surface area contributed by atoms with Gasteiger partial charge in [-0.2, -0.15) is 13.2 Å². The number of piperidine rings is 1. The Kier molecular flexibility index (Phi) is 3.61. The van der Waals surface area contributed by atoms with E-state index in [9.17, 15) is 13.2 Å². The van der Waals surface area contributed by atoms with Gasteiger partial charge in [0.2, 0.25) is 0 Å². The molecule has 1 saturated heterocycles. The molecule has 0 saturated carbocycles. The van der Waals surface area contributed by atoms with E-state index in [1.807, 2.05) is 0 Å². The lowest BCUT2D eigenvalue weighted by molar-refractivity contribution is -0.175. The fourth-order valence-corrected chi connectivity index (χ4v) is 2.46. The van der Waals surface area contributed by atoms with Crippen molar-refractivity contribution >= 4 is 23.0 Å². The van der Waals surface area contributed by atoms with E-state index in [1.165, 1.54) is 0 Å². The number of alkyl halides is 3. The number of hydrogen-bond acceptors (Lipinski definition) is 2.